The molecule has 0 spiro atoms. The summed E-state index contributed by atoms with van der Waals surface area (Å²) in [6.45, 7) is 6.85. The van der Waals surface area contributed by atoms with E-state index in [2.05, 4.69) is 31.0 Å². The molecule has 2 rings (SSSR count). The molecule has 0 atom stereocenters. The smallest absolute Gasteiger partial charge is 0.369 e. The zero-order chi connectivity index (χ0) is 18.0. The Bertz CT molecular complexity index is 670. The molecule has 3 nitrogen and oxygen atoms in total. The van der Waals surface area contributed by atoms with Crippen LogP contribution in [0.4, 0.5) is 13.2 Å². The Labute approximate surface area is 139 Å². The Kier molecular flexibility index (Phi) is 5.06. The summed E-state index contributed by atoms with van der Waals surface area (Å²) >= 11 is 0. The summed E-state index contributed by atoms with van der Waals surface area (Å²) < 4.78 is 38.9. The van der Waals surface area contributed by atoms with Gasteiger partial charge in [-0.25, -0.2) is 0 Å². The second-order valence-corrected chi connectivity index (χ2v) is 6.68. The molecule has 1 aromatic carbocycles. The third-order valence-corrected chi connectivity index (χ3v) is 3.76. The van der Waals surface area contributed by atoms with Gasteiger partial charge in [0.25, 0.3) is 0 Å². The van der Waals surface area contributed by atoms with Crippen LogP contribution in [0.2, 0.25) is 0 Å². The Morgan fingerprint density at radius 1 is 1.21 bits per heavy atom. The normalized spacial score (nSPS) is 15.2. The second kappa shape index (κ2) is 6.71. The average molecular weight is 338 g/mol. The Hall–Kier alpha value is -2.24. The van der Waals surface area contributed by atoms with Crippen LogP contribution in [0, 0.1) is 0 Å². The lowest BCUT2D eigenvalue weighted by Crippen LogP contribution is -2.39. The summed E-state index contributed by atoms with van der Waals surface area (Å²) in [5.41, 5.74) is -0.231. The standard InChI is InChI=1S/C18H21F3N2O/c1-17(2,3)23-10-8-14(9-11-23)22-16(24)12-13-6-4-5-7-15(13)18(19,20)21/h4-10H,11-12H2,1-3H3,(H,22,24). The van der Waals surface area contributed by atoms with Crippen molar-refractivity contribution in [2.24, 2.45) is 0 Å². The molecule has 0 radical (unpaired) electrons. The van der Waals surface area contributed by atoms with Crippen molar-refractivity contribution in [1.82, 2.24) is 10.2 Å². The molecule has 130 valence electrons. The van der Waals surface area contributed by atoms with Gasteiger partial charge < -0.3 is 10.2 Å². The minimum atomic E-state index is -4.46. The number of allylic oxidation sites excluding steroid dienone is 1. The predicted molar refractivity (Wildman–Crippen MR) is 87.0 cm³/mol. The zero-order valence-corrected chi connectivity index (χ0v) is 13.9. The largest absolute Gasteiger partial charge is 0.416 e. The second-order valence-electron chi connectivity index (χ2n) is 6.68. The summed E-state index contributed by atoms with van der Waals surface area (Å²) in [6, 6.07) is 5.13. The number of rotatable bonds is 3. The summed E-state index contributed by atoms with van der Waals surface area (Å²) in [6.07, 6.45) is 0.693. The van der Waals surface area contributed by atoms with Gasteiger partial charge in [0, 0.05) is 24.0 Å². The number of carbonyl (C=O) groups excluding carboxylic acids is 1. The molecular formula is C18H21F3N2O. The van der Waals surface area contributed by atoms with Crippen molar-refractivity contribution in [3.05, 3.63) is 59.4 Å². The van der Waals surface area contributed by atoms with Crippen molar-refractivity contribution in [3.63, 3.8) is 0 Å². The zero-order valence-electron chi connectivity index (χ0n) is 13.9. The van der Waals surface area contributed by atoms with Gasteiger partial charge in [-0.3, -0.25) is 4.79 Å². The molecular weight excluding hydrogens is 317 g/mol. The fraction of sp³-hybridized carbons (Fsp3) is 0.389. The van der Waals surface area contributed by atoms with Crippen molar-refractivity contribution in [1.29, 1.82) is 0 Å². The van der Waals surface area contributed by atoms with Crippen LogP contribution >= 0.6 is 0 Å². The molecule has 0 saturated heterocycles. The number of benzene rings is 1. The van der Waals surface area contributed by atoms with E-state index in [1.807, 2.05) is 12.3 Å². The third-order valence-electron chi connectivity index (χ3n) is 3.76. The minimum absolute atomic E-state index is 0.0285. The van der Waals surface area contributed by atoms with Crippen molar-refractivity contribution < 1.29 is 18.0 Å². The summed E-state index contributed by atoms with van der Waals surface area (Å²) in [7, 11) is 0. The fourth-order valence-electron chi connectivity index (χ4n) is 2.42. The number of alkyl halides is 3. The first kappa shape index (κ1) is 18.1. The fourth-order valence-corrected chi connectivity index (χ4v) is 2.42. The lowest BCUT2D eigenvalue weighted by molar-refractivity contribution is -0.138. The van der Waals surface area contributed by atoms with Crippen LogP contribution in [0.15, 0.2) is 48.3 Å². The van der Waals surface area contributed by atoms with Crippen LogP contribution in [0.3, 0.4) is 0 Å². The van der Waals surface area contributed by atoms with Gasteiger partial charge in [-0.2, -0.15) is 13.2 Å². The number of halogens is 3. The molecule has 24 heavy (non-hydrogen) atoms. The van der Waals surface area contributed by atoms with Crippen LogP contribution in [0.1, 0.15) is 31.9 Å². The highest BCUT2D eigenvalue weighted by atomic mass is 19.4. The van der Waals surface area contributed by atoms with Crippen LogP contribution in [-0.4, -0.2) is 22.9 Å². The quantitative estimate of drug-likeness (QED) is 0.907. The Balaban J connectivity index is 2.01. The maximum atomic E-state index is 13.0. The maximum Gasteiger partial charge on any atom is 0.416 e. The van der Waals surface area contributed by atoms with E-state index >= 15 is 0 Å². The van der Waals surface area contributed by atoms with Crippen molar-refractivity contribution in [2.75, 3.05) is 6.54 Å². The van der Waals surface area contributed by atoms with E-state index in [4.69, 9.17) is 0 Å². The minimum Gasteiger partial charge on any atom is -0.369 e. The van der Waals surface area contributed by atoms with Gasteiger partial charge in [0.2, 0.25) is 5.91 Å². The first-order valence-electron chi connectivity index (χ1n) is 7.67. The lowest BCUT2D eigenvalue weighted by Gasteiger charge is -2.35. The monoisotopic (exact) mass is 338 g/mol. The highest BCUT2D eigenvalue weighted by Crippen LogP contribution is 2.32. The van der Waals surface area contributed by atoms with Crippen molar-refractivity contribution in [2.45, 2.75) is 38.9 Å². The first-order chi connectivity index (χ1) is 11.1. The topological polar surface area (TPSA) is 32.3 Å². The van der Waals surface area contributed by atoms with Gasteiger partial charge in [0.05, 0.1) is 12.0 Å². The van der Waals surface area contributed by atoms with E-state index < -0.39 is 17.6 Å². The number of carbonyl (C=O) groups is 1. The number of hydrogen-bond acceptors (Lipinski definition) is 2. The predicted octanol–water partition coefficient (Wildman–Crippen LogP) is 3.88. The first-order valence-corrected chi connectivity index (χ1v) is 7.67. The van der Waals surface area contributed by atoms with Gasteiger partial charge in [0.15, 0.2) is 0 Å². The lowest BCUT2D eigenvalue weighted by atomic mass is 10.0. The van der Waals surface area contributed by atoms with Crippen LogP contribution < -0.4 is 5.32 Å². The Morgan fingerprint density at radius 2 is 1.88 bits per heavy atom. The molecule has 1 N–H and O–H groups in total. The van der Waals surface area contributed by atoms with Crippen LogP contribution in [0.25, 0.3) is 0 Å². The summed E-state index contributed by atoms with van der Waals surface area (Å²) in [4.78, 5) is 14.2. The van der Waals surface area contributed by atoms with Crippen molar-refractivity contribution >= 4 is 5.91 Å². The van der Waals surface area contributed by atoms with Crippen LogP contribution in [-0.2, 0) is 17.4 Å². The number of nitrogens with zero attached hydrogens (tertiary/aromatic N) is 1. The van der Waals surface area contributed by atoms with Gasteiger partial charge in [-0.1, -0.05) is 18.2 Å². The molecule has 0 fully saturated rings. The maximum absolute atomic E-state index is 13.0. The molecule has 6 heteroatoms. The van der Waals surface area contributed by atoms with E-state index in [0.717, 1.165) is 6.07 Å². The average Bonchev–Trinajstić information content (AvgIpc) is 2.46. The van der Waals surface area contributed by atoms with Gasteiger partial charge in [-0.15, -0.1) is 0 Å². The molecule has 1 amide bonds. The molecule has 0 bridgehead atoms. The van der Waals surface area contributed by atoms with E-state index in [0.29, 0.717) is 12.2 Å². The molecule has 1 aromatic rings. The van der Waals surface area contributed by atoms with Crippen LogP contribution in [0.5, 0.6) is 0 Å². The third kappa shape index (κ3) is 4.63. The molecule has 1 heterocycles. The van der Waals surface area contributed by atoms with Crippen molar-refractivity contribution in [3.8, 4) is 0 Å². The van der Waals surface area contributed by atoms with Gasteiger partial charge in [-0.05, 0) is 44.6 Å². The highest BCUT2D eigenvalue weighted by Gasteiger charge is 2.33. The van der Waals surface area contributed by atoms with E-state index in [-0.39, 0.29) is 17.5 Å². The number of nitrogens with one attached hydrogen (secondary N) is 1. The van der Waals surface area contributed by atoms with E-state index in [1.54, 1.807) is 6.08 Å². The van der Waals surface area contributed by atoms with E-state index in [9.17, 15) is 18.0 Å². The summed E-state index contributed by atoms with van der Waals surface area (Å²) in [5, 5.41) is 2.66. The number of hydrogen-bond donors (Lipinski definition) is 1. The van der Waals surface area contributed by atoms with Gasteiger partial charge in [0.1, 0.15) is 0 Å². The van der Waals surface area contributed by atoms with E-state index in [1.165, 1.54) is 18.2 Å². The molecule has 0 aromatic heterocycles. The SMILES string of the molecule is CC(C)(C)N1C=CC(NC(=O)Cc2ccccc2C(F)(F)F)=CC1. The summed E-state index contributed by atoms with van der Waals surface area (Å²) in [5.74, 6) is -0.466. The Morgan fingerprint density at radius 3 is 2.42 bits per heavy atom. The number of amides is 1. The molecule has 1 aliphatic rings. The molecule has 0 saturated carbocycles. The molecule has 1 aliphatic heterocycles. The van der Waals surface area contributed by atoms with Gasteiger partial charge >= 0.3 is 6.18 Å². The highest BCUT2D eigenvalue weighted by molar-refractivity contribution is 5.81. The molecule has 0 unspecified atom stereocenters. The molecule has 0 aliphatic carbocycles.